The number of carboxylic acids is 1. The Morgan fingerprint density at radius 1 is 1.44 bits per heavy atom. The van der Waals surface area contributed by atoms with Crippen LogP contribution in [0.5, 0.6) is 5.75 Å². The van der Waals surface area contributed by atoms with Crippen molar-refractivity contribution in [3.05, 3.63) is 22.7 Å². The van der Waals surface area contributed by atoms with Crippen LogP contribution in [0.2, 0.25) is 5.02 Å². The highest BCUT2D eigenvalue weighted by Gasteiger charge is 2.21. The molecular formula is C8H6Cl2O5S. The van der Waals surface area contributed by atoms with Gasteiger partial charge in [0.05, 0.1) is 12.1 Å². The van der Waals surface area contributed by atoms with Crippen LogP contribution in [0.15, 0.2) is 17.0 Å². The predicted molar refractivity (Wildman–Crippen MR) is 58.0 cm³/mol. The maximum atomic E-state index is 11.1. The van der Waals surface area contributed by atoms with Crippen LogP contribution >= 0.6 is 22.3 Å². The molecule has 0 atom stereocenters. The molecule has 1 N–H and O–H groups in total. The summed E-state index contributed by atoms with van der Waals surface area (Å²) >= 11 is 5.60. The summed E-state index contributed by atoms with van der Waals surface area (Å²) in [6.45, 7) is 0. The first-order chi connectivity index (χ1) is 7.27. The van der Waals surface area contributed by atoms with Gasteiger partial charge in [-0.1, -0.05) is 11.6 Å². The number of carbonyl (C=O) groups is 1. The third-order valence-corrected chi connectivity index (χ3v) is 3.53. The Bertz CT molecular complexity index is 538. The Labute approximate surface area is 101 Å². The minimum Gasteiger partial charge on any atom is -0.496 e. The molecular weight excluding hydrogens is 279 g/mol. The van der Waals surface area contributed by atoms with E-state index in [2.05, 4.69) is 0 Å². The monoisotopic (exact) mass is 284 g/mol. The molecule has 0 spiro atoms. The zero-order valence-electron chi connectivity index (χ0n) is 7.90. The molecule has 0 saturated carbocycles. The van der Waals surface area contributed by atoms with E-state index >= 15 is 0 Å². The van der Waals surface area contributed by atoms with Crippen LogP contribution in [0.4, 0.5) is 0 Å². The summed E-state index contributed by atoms with van der Waals surface area (Å²) in [6, 6.07) is 1.94. The van der Waals surface area contributed by atoms with Gasteiger partial charge in [-0.25, -0.2) is 13.2 Å². The molecule has 1 aromatic carbocycles. The molecule has 5 nitrogen and oxygen atoms in total. The molecule has 0 aliphatic heterocycles. The summed E-state index contributed by atoms with van der Waals surface area (Å²) in [5.41, 5.74) is -0.239. The van der Waals surface area contributed by atoms with Crippen molar-refractivity contribution in [2.24, 2.45) is 0 Å². The fraction of sp³-hybridized carbons (Fsp3) is 0.125. The largest absolute Gasteiger partial charge is 0.496 e. The van der Waals surface area contributed by atoms with Gasteiger partial charge < -0.3 is 9.84 Å². The molecule has 1 aromatic rings. The lowest BCUT2D eigenvalue weighted by molar-refractivity contribution is 0.0693. The van der Waals surface area contributed by atoms with Gasteiger partial charge in [-0.2, -0.15) is 0 Å². The normalized spacial score (nSPS) is 11.2. The van der Waals surface area contributed by atoms with Crippen molar-refractivity contribution in [3.63, 3.8) is 0 Å². The predicted octanol–water partition coefficient (Wildman–Crippen LogP) is 1.97. The number of hydrogen-bond acceptors (Lipinski definition) is 4. The lowest BCUT2D eigenvalue weighted by Gasteiger charge is -2.07. The highest BCUT2D eigenvalue weighted by molar-refractivity contribution is 8.13. The Balaban J connectivity index is 3.56. The molecule has 0 aliphatic carbocycles. The molecule has 0 bridgehead atoms. The molecule has 0 amide bonds. The van der Waals surface area contributed by atoms with Crippen molar-refractivity contribution < 1.29 is 23.1 Å². The summed E-state index contributed by atoms with van der Waals surface area (Å²) in [4.78, 5) is 10.4. The maximum Gasteiger partial charge on any atom is 0.339 e. The molecule has 0 radical (unpaired) electrons. The van der Waals surface area contributed by atoms with E-state index in [1.54, 1.807) is 0 Å². The molecule has 0 saturated heterocycles. The second kappa shape index (κ2) is 4.48. The topological polar surface area (TPSA) is 80.7 Å². The van der Waals surface area contributed by atoms with Crippen LogP contribution in [0.25, 0.3) is 0 Å². The van der Waals surface area contributed by atoms with Crippen molar-refractivity contribution in [1.29, 1.82) is 0 Å². The van der Waals surface area contributed by atoms with Crippen LogP contribution < -0.4 is 4.74 Å². The van der Waals surface area contributed by atoms with Crippen LogP contribution in [-0.4, -0.2) is 26.6 Å². The van der Waals surface area contributed by atoms with Gasteiger partial charge >= 0.3 is 5.97 Å². The summed E-state index contributed by atoms with van der Waals surface area (Å²) in [6.07, 6.45) is 0. The van der Waals surface area contributed by atoms with Gasteiger partial charge in [0.1, 0.15) is 16.2 Å². The molecule has 0 unspecified atom stereocenters. The minimum atomic E-state index is -4.04. The fourth-order valence-corrected chi connectivity index (χ4v) is 2.57. The van der Waals surface area contributed by atoms with Crippen LogP contribution in [0, 0.1) is 0 Å². The van der Waals surface area contributed by atoms with Gasteiger partial charge in [0, 0.05) is 16.7 Å². The number of ether oxygens (including phenoxy) is 1. The van der Waals surface area contributed by atoms with E-state index in [-0.39, 0.29) is 16.3 Å². The average molecular weight is 285 g/mol. The highest BCUT2D eigenvalue weighted by atomic mass is 35.7. The van der Waals surface area contributed by atoms with Crippen molar-refractivity contribution in [2.45, 2.75) is 4.90 Å². The molecule has 88 valence electrons. The number of carboxylic acid groups (broad SMARTS) is 1. The second-order valence-corrected chi connectivity index (χ2v) is 5.67. The van der Waals surface area contributed by atoms with E-state index in [0.717, 1.165) is 12.1 Å². The van der Waals surface area contributed by atoms with E-state index in [9.17, 15) is 13.2 Å². The van der Waals surface area contributed by atoms with Crippen LogP contribution in [0.3, 0.4) is 0 Å². The first kappa shape index (κ1) is 13.1. The number of aromatic carboxylic acids is 1. The van der Waals surface area contributed by atoms with E-state index in [0.29, 0.717) is 0 Å². The molecule has 0 aromatic heterocycles. The number of rotatable bonds is 3. The molecule has 1 rings (SSSR count). The molecule has 0 aliphatic rings. The second-order valence-electron chi connectivity index (χ2n) is 2.73. The SMILES string of the molecule is COc1cc(S(=O)(=O)Cl)c(Cl)cc1C(=O)O. The molecule has 0 fully saturated rings. The van der Waals surface area contributed by atoms with Crippen molar-refractivity contribution in [3.8, 4) is 5.75 Å². The van der Waals surface area contributed by atoms with Gasteiger partial charge in [0.25, 0.3) is 9.05 Å². The Hall–Kier alpha value is -0.980. The van der Waals surface area contributed by atoms with Gasteiger partial charge in [-0.3, -0.25) is 0 Å². The van der Waals surface area contributed by atoms with Crippen molar-refractivity contribution in [1.82, 2.24) is 0 Å². The van der Waals surface area contributed by atoms with Crippen molar-refractivity contribution >= 4 is 37.3 Å². The lowest BCUT2D eigenvalue weighted by atomic mass is 10.2. The van der Waals surface area contributed by atoms with Crippen LogP contribution in [-0.2, 0) is 9.05 Å². The summed E-state index contributed by atoms with van der Waals surface area (Å²) < 4.78 is 26.9. The van der Waals surface area contributed by atoms with Crippen molar-refractivity contribution in [2.75, 3.05) is 7.11 Å². The number of halogens is 2. The van der Waals surface area contributed by atoms with Crippen LogP contribution in [0.1, 0.15) is 10.4 Å². The maximum absolute atomic E-state index is 11.1. The van der Waals surface area contributed by atoms with Gasteiger partial charge in [-0.05, 0) is 6.07 Å². The average Bonchev–Trinajstić information content (AvgIpc) is 2.15. The summed E-state index contributed by atoms with van der Waals surface area (Å²) in [5.74, 6) is -1.41. The zero-order valence-corrected chi connectivity index (χ0v) is 10.2. The van der Waals surface area contributed by atoms with Gasteiger partial charge in [0.2, 0.25) is 0 Å². The van der Waals surface area contributed by atoms with E-state index < -0.39 is 19.9 Å². The van der Waals surface area contributed by atoms with Gasteiger partial charge in [0.15, 0.2) is 0 Å². The van der Waals surface area contributed by atoms with Gasteiger partial charge in [-0.15, -0.1) is 0 Å². The lowest BCUT2D eigenvalue weighted by Crippen LogP contribution is -2.03. The Morgan fingerprint density at radius 3 is 2.38 bits per heavy atom. The standard InChI is InChI=1S/C8H6Cl2O5S/c1-15-6-3-7(16(10,13)14)5(9)2-4(6)8(11)12/h2-3H,1H3,(H,11,12). The number of hydrogen-bond donors (Lipinski definition) is 1. The Morgan fingerprint density at radius 2 is 2.00 bits per heavy atom. The molecule has 8 heteroatoms. The summed E-state index contributed by atoms with van der Waals surface area (Å²) in [5, 5.41) is 8.52. The quantitative estimate of drug-likeness (QED) is 0.859. The first-order valence-corrected chi connectivity index (χ1v) is 6.51. The van der Waals surface area contributed by atoms with E-state index in [4.69, 9.17) is 32.1 Å². The Kier molecular flexibility index (Phi) is 3.67. The fourth-order valence-electron chi connectivity index (χ4n) is 1.06. The molecule has 0 heterocycles. The van der Waals surface area contributed by atoms with E-state index in [1.165, 1.54) is 7.11 Å². The third kappa shape index (κ3) is 2.58. The third-order valence-electron chi connectivity index (χ3n) is 1.75. The smallest absolute Gasteiger partial charge is 0.339 e. The zero-order chi connectivity index (χ0) is 12.5. The minimum absolute atomic E-state index is 0.129. The first-order valence-electron chi connectivity index (χ1n) is 3.83. The molecule has 16 heavy (non-hydrogen) atoms. The highest BCUT2D eigenvalue weighted by Crippen LogP contribution is 2.32. The van der Waals surface area contributed by atoms with E-state index in [1.807, 2.05) is 0 Å². The number of benzene rings is 1. The number of methoxy groups -OCH3 is 1. The summed E-state index contributed by atoms with van der Waals surface area (Å²) in [7, 11) is 2.28.